The molecule has 2 saturated heterocycles. The fourth-order valence-corrected chi connectivity index (χ4v) is 2.46. The number of aliphatic carboxylic acids is 1. The molecule has 1 atom stereocenters. The molecule has 114 valence electrons. The van der Waals surface area contributed by atoms with Crippen molar-refractivity contribution in [3.8, 4) is 0 Å². The second-order valence-corrected chi connectivity index (χ2v) is 5.38. The summed E-state index contributed by atoms with van der Waals surface area (Å²) in [6.07, 6.45) is 0. The molecule has 0 bridgehead atoms. The molecule has 2 rings (SSSR count). The molecule has 0 aliphatic carbocycles. The number of aliphatic hydroxyl groups is 1. The van der Waals surface area contributed by atoms with Crippen LogP contribution >= 0.6 is 0 Å². The molecule has 0 radical (unpaired) electrons. The lowest BCUT2D eigenvalue weighted by Crippen LogP contribution is -2.67. The third kappa shape index (κ3) is 3.20. The van der Waals surface area contributed by atoms with Crippen LogP contribution in [-0.4, -0.2) is 89.7 Å². The number of carboxylic acids is 1. The molecular formula is C12H20N2O6. The number of morpholine rings is 1. The van der Waals surface area contributed by atoms with Crippen LogP contribution < -0.4 is 0 Å². The van der Waals surface area contributed by atoms with Crippen LogP contribution in [-0.2, 0) is 14.3 Å². The molecule has 2 aliphatic rings. The van der Waals surface area contributed by atoms with Crippen LogP contribution in [0.4, 0.5) is 4.79 Å². The van der Waals surface area contributed by atoms with E-state index in [-0.39, 0.29) is 25.3 Å². The summed E-state index contributed by atoms with van der Waals surface area (Å²) in [4.78, 5) is 26.0. The van der Waals surface area contributed by atoms with E-state index in [0.29, 0.717) is 32.8 Å². The van der Waals surface area contributed by atoms with E-state index < -0.39 is 11.6 Å². The van der Waals surface area contributed by atoms with Gasteiger partial charge >= 0.3 is 12.0 Å². The number of likely N-dealkylation sites (tertiary alicyclic amines) is 1. The molecule has 0 aromatic rings. The van der Waals surface area contributed by atoms with Gasteiger partial charge in [0.2, 0.25) is 0 Å². The van der Waals surface area contributed by atoms with Gasteiger partial charge in [0.05, 0.1) is 39.0 Å². The molecule has 0 spiro atoms. The molecule has 2 N–H and O–H groups in total. The van der Waals surface area contributed by atoms with E-state index in [1.807, 2.05) is 0 Å². The topological polar surface area (TPSA) is 99.5 Å². The number of hydrogen-bond acceptors (Lipinski definition) is 5. The lowest BCUT2D eigenvalue weighted by atomic mass is 9.97. The Kier molecular flexibility index (Phi) is 4.46. The highest BCUT2D eigenvalue weighted by atomic mass is 16.5. The summed E-state index contributed by atoms with van der Waals surface area (Å²) in [5, 5.41) is 17.8. The molecule has 0 saturated carbocycles. The third-order valence-corrected chi connectivity index (χ3v) is 3.55. The third-order valence-electron chi connectivity index (χ3n) is 3.55. The number of carboxylic acid groups (broad SMARTS) is 1. The van der Waals surface area contributed by atoms with E-state index in [2.05, 4.69) is 0 Å². The van der Waals surface area contributed by atoms with Crippen molar-refractivity contribution in [1.29, 1.82) is 0 Å². The van der Waals surface area contributed by atoms with Crippen molar-refractivity contribution in [2.24, 2.45) is 0 Å². The number of nitrogens with zero attached hydrogens (tertiary/aromatic N) is 2. The van der Waals surface area contributed by atoms with Crippen molar-refractivity contribution >= 4 is 12.0 Å². The maximum Gasteiger partial charge on any atom is 0.329 e. The molecule has 8 heteroatoms. The lowest BCUT2D eigenvalue weighted by molar-refractivity contribution is -0.161. The Morgan fingerprint density at radius 1 is 1.45 bits per heavy atom. The van der Waals surface area contributed by atoms with Crippen molar-refractivity contribution in [3.63, 3.8) is 0 Å². The summed E-state index contributed by atoms with van der Waals surface area (Å²) in [5.41, 5.74) is -0.602. The number of amides is 2. The van der Waals surface area contributed by atoms with Gasteiger partial charge < -0.3 is 29.5 Å². The Morgan fingerprint density at radius 3 is 2.75 bits per heavy atom. The number of rotatable bonds is 4. The first kappa shape index (κ1) is 15.0. The molecule has 1 unspecified atom stereocenters. The second kappa shape index (κ2) is 5.94. The minimum absolute atomic E-state index is 0.133. The fraction of sp³-hybridized carbons (Fsp3) is 0.833. The van der Waals surface area contributed by atoms with Crippen molar-refractivity contribution in [2.75, 3.05) is 46.1 Å². The Morgan fingerprint density at radius 2 is 2.15 bits per heavy atom. The maximum absolute atomic E-state index is 12.3. The number of ether oxygens (including phenoxy) is 2. The molecule has 0 aromatic carbocycles. The Labute approximate surface area is 116 Å². The number of urea groups is 1. The van der Waals surface area contributed by atoms with E-state index in [1.54, 1.807) is 16.7 Å². The fourth-order valence-electron chi connectivity index (χ4n) is 2.46. The summed E-state index contributed by atoms with van der Waals surface area (Å²) in [6.45, 7) is 3.24. The SMILES string of the molecule is CC1(OCC(=O)O)CN(C(=O)N2CCOCC2CO)C1. The molecule has 2 amide bonds. The maximum atomic E-state index is 12.3. The molecule has 2 aliphatic heterocycles. The monoisotopic (exact) mass is 288 g/mol. The van der Waals surface area contributed by atoms with E-state index in [0.717, 1.165) is 0 Å². The second-order valence-electron chi connectivity index (χ2n) is 5.38. The first-order valence-corrected chi connectivity index (χ1v) is 6.55. The summed E-state index contributed by atoms with van der Waals surface area (Å²) >= 11 is 0. The Bertz CT molecular complexity index is 382. The van der Waals surface area contributed by atoms with Crippen LogP contribution in [0, 0.1) is 0 Å². The highest BCUT2D eigenvalue weighted by Crippen LogP contribution is 2.26. The largest absolute Gasteiger partial charge is 0.480 e. The summed E-state index contributed by atoms with van der Waals surface area (Å²) in [6, 6.07) is -0.480. The Hall–Kier alpha value is -1.38. The Balaban J connectivity index is 1.85. The summed E-state index contributed by atoms with van der Waals surface area (Å²) in [7, 11) is 0. The van der Waals surface area contributed by atoms with E-state index in [1.165, 1.54) is 0 Å². The van der Waals surface area contributed by atoms with Crippen molar-refractivity contribution < 1.29 is 29.3 Å². The zero-order valence-electron chi connectivity index (χ0n) is 11.4. The van der Waals surface area contributed by atoms with Gasteiger partial charge in [-0.3, -0.25) is 0 Å². The number of hydrogen-bond donors (Lipinski definition) is 2. The molecular weight excluding hydrogens is 268 g/mol. The van der Waals surface area contributed by atoms with Crippen molar-refractivity contribution in [3.05, 3.63) is 0 Å². The van der Waals surface area contributed by atoms with Gasteiger partial charge in [-0.25, -0.2) is 9.59 Å². The van der Waals surface area contributed by atoms with Gasteiger partial charge in [0.25, 0.3) is 0 Å². The van der Waals surface area contributed by atoms with Crippen LogP contribution in [0.2, 0.25) is 0 Å². The van der Waals surface area contributed by atoms with E-state index >= 15 is 0 Å². The van der Waals surface area contributed by atoms with Crippen molar-refractivity contribution in [2.45, 2.75) is 18.6 Å². The van der Waals surface area contributed by atoms with Crippen molar-refractivity contribution in [1.82, 2.24) is 9.80 Å². The molecule has 2 heterocycles. The summed E-state index contributed by atoms with van der Waals surface area (Å²) < 4.78 is 10.5. The van der Waals surface area contributed by atoms with E-state index in [9.17, 15) is 14.7 Å². The zero-order chi connectivity index (χ0) is 14.8. The highest BCUT2D eigenvalue weighted by Gasteiger charge is 2.45. The molecule has 20 heavy (non-hydrogen) atoms. The standard InChI is InChI=1S/C12H20N2O6/c1-12(20-6-10(16)17)7-13(8-12)11(18)14-2-3-19-5-9(14)4-15/h9,15H,2-8H2,1H3,(H,16,17). The zero-order valence-corrected chi connectivity index (χ0v) is 11.4. The van der Waals surface area contributed by atoms with Crippen LogP contribution in [0.15, 0.2) is 0 Å². The quantitative estimate of drug-likeness (QED) is 0.686. The van der Waals surface area contributed by atoms with Crippen LogP contribution in [0.5, 0.6) is 0 Å². The first-order chi connectivity index (χ1) is 9.45. The van der Waals surface area contributed by atoms with Gasteiger partial charge in [-0.15, -0.1) is 0 Å². The van der Waals surface area contributed by atoms with Crippen LogP contribution in [0.25, 0.3) is 0 Å². The molecule has 0 aromatic heterocycles. The van der Waals surface area contributed by atoms with Gasteiger partial charge in [0, 0.05) is 6.54 Å². The lowest BCUT2D eigenvalue weighted by Gasteiger charge is -2.49. The highest BCUT2D eigenvalue weighted by molar-refractivity contribution is 5.76. The average Bonchev–Trinajstić information content (AvgIpc) is 2.41. The number of carbonyl (C=O) groups is 2. The van der Waals surface area contributed by atoms with Gasteiger partial charge in [0.1, 0.15) is 12.2 Å². The predicted octanol–water partition coefficient (Wildman–Crippen LogP) is -1.02. The first-order valence-electron chi connectivity index (χ1n) is 6.55. The van der Waals surface area contributed by atoms with Gasteiger partial charge in [-0.1, -0.05) is 0 Å². The number of aliphatic hydroxyl groups excluding tert-OH is 1. The van der Waals surface area contributed by atoms with Gasteiger partial charge in [0.15, 0.2) is 0 Å². The smallest absolute Gasteiger partial charge is 0.329 e. The van der Waals surface area contributed by atoms with Gasteiger partial charge in [-0.05, 0) is 6.92 Å². The summed E-state index contributed by atoms with van der Waals surface area (Å²) in [5.74, 6) is -1.02. The molecule has 8 nitrogen and oxygen atoms in total. The molecule has 2 fully saturated rings. The predicted molar refractivity (Wildman–Crippen MR) is 67.4 cm³/mol. The normalized spacial score (nSPS) is 25.2. The minimum Gasteiger partial charge on any atom is -0.480 e. The van der Waals surface area contributed by atoms with Gasteiger partial charge in [-0.2, -0.15) is 0 Å². The average molecular weight is 288 g/mol. The van der Waals surface area contributed by atoms with E-state index in [4.69, 9.17) is 14.6 Å². The number of carbonyl (C=O) groups excluding carboxylic acids is 1. The minimum atomic E-state index is -1.02. The van der Waals surface area contributed by atoms with Crippen LogP contribution in [0.1, 0.15) is 6.92 Å². The van der Waals surface area contributed by atoms with Crippen LogP contribution in [0.3, 0.4) is 0 Å².